The van der Waals surface area contributed by atoms with Crippen LogP contribution in [0, 0.1) is 6.92 Å². The summed E-state index contributed by atoms with van der Waals surface area (Å²) in [6, 6.07) is 4.14. The van der Waals surface area contributed by atoms with Crippen molar-refractivity contribution < 1.29 is 13.9 Å². The first-order valence-electron chi connectivity index (χ1n) is 7.17. The summed E-state index contributed by atoms with van der Waals surface area (Å²) < 4.78 is 11.4. The van der Waals surface area contributed by atoms with Crippen molar-refractivity contribution in [1.29, 1.82) is 0 Å². The summed E-state index contributed by atoms with van der Waals surface area (Å²) in [4.78, 5) is 24.3. The predicted octanol–water partition coefficient (Wildman–Crippen LogP) is 0.718. The Balaban J connectivity index is 2.32. The molecule has 2 aromatic rings. The van der Waals surface area contributed by atoms with E-state index in [4.69, 9.17) is 14.9 Å². The molecule has 124 valence electrons. The zero-order valence-corrected chi connectivity index (χ0v) is 13.3. The van der Waals surface area contributed by atoms with Crippen LogP contribution in [0.1, 0.15) is 18.7 Å². The van der Waals surface area contributed by atoms with E-state index >= 15 is 0 Å². The molecule has 3 N–H and O–H groups in total. The van der Waals surface area contributed by atoms with Crippen molar-refractivity contribution in [3.05, 3.63) is 34.3 Å². The largest absolute Gasteiger partial charge is 0.460 e. The summed E-state index contributed by atoms with van der Waals surface area (Å²) in [6.45, 7) is 4.11. The molecule has 8 nitrogen and oxygen atoms in total. The molecule has 0 saturated heterocycles. The van der Waals surface area contributed by atoms with Gasteiger partial charge in [0, 0.05) is 13.7 Å². The number of ether oxygens (including phenoxy) is 1. The second kappa shape index (κ2) is 7.10. The van der Waals surface area contributed by atoms with Crippen LogP contribution >= 0.6 is 0 Å². The fraction of sp³-hybridized carbons (Fsp3) is 0.400. The molecule has 0 fully saturated rings. The van der Waals surface area contributed by atoms with Crippen LogP contribution in [0.5, 0.6) is 0 Å². The van der Waals surface area contributed by atoms with E-state index in [2.05, 4.69) is 10.4 Å². The molecular weight excluding hydrogens is 300 g/mol. The van der Waals surface area contributed by atoms with Crippen LogP contribution in [0.3, 0.4) is 0 Å². The second-order valence-electron chi connectivity index (χ2n) is 5.10. The Morgan fingerprint density at radius 2 is 2.26 bits per heavy atom. The standard InChI is InChI=1S/C15H20N4O4/c1-9-4-5-13(23-9)12-8-11(16)15(21)19(18-12)10(2)14(20)17-6-7-22-3/h4-5,8,10H,6-7,16H2,1-3H3,(H,17,20)/t10-/m0/s1. The molecule has 0 radical (unpaired) electrons. The quantitative estimate of drug-likeness (QED) is 0.758. The first kappa shape index (κ1) is 16.8. The van der Waals surface area contributed by atoms with E-state index < -0.39 is 11.6 Å². The highest BCUT2D eigenvalue weighted by molar-refractivity contribution is 5.79. The van der Waals surface area contributed by atoms with Gasteiger partial charge in [-0.1, -0.05) is 0 Å². The predicted molar refractivity (Wildman–Crippen MR) is 84.9 cm³/mol. The molecule has 1 atom stereocenters. The molecule has 0 aliphatic rings. The van der Waals surface area contributed by atoms with Gasteiger partial charge in [-0.3, -0.25) is 9.59 Å². The molecule has 23 heavy (non-hydrogen) atoms. The minimum Gasteiger partial charge on any atom is -0.460 e. The molecule has 2 rings (SSSR count). The number of amides is 1. The summed E-state index contributed by atoms with van der Waals surface area (Å²) in [5.41, 5.74) is 5.63. The van der Waals surface area contributed by atoms with Gasteiger partial charge in [0.05, 0.1) is 6.61 Å². The number of hydrogen-bond acceptors (Lipinski definition) is 6. The normalized spacial score (nSPS) is 12.1. The zero-order chi connectivity index (χ0) is 17.0. The van der Waals surface area contributed by atoms with Crippen LogP contribution in [-0.2, 0) is 9.53 Å². The average Bonchev–Trinajstić information content (AvgIpc) is 2.96. The van der Waals surface area contributed by atoms with E-state index in [0.717, 1.165) is 4.68 Å². The summed E-state index contributed by atoms with van der Waals surface area (Å²) in [5, 5.41) is 6.87. The lowest BCUT2D eigenvalue weighted by Gasteiger charge is -2.15. The highest BCUT2D eigenvalue weighted by Gasteiger charge is 2.20. The van der Waals surface area contributed by atoms with Gasteiger partial charge in [0.1, 0.15) is 23.2 Å². The van der Waals surface area contributed by atoms with Gasteiger partial charge in [0.15, 0.2) is 5.76 Å². The van der Waals surface area contributed by atoms with Crippen LogP contribution in [-0.4, -0.2) is 35.9 Å². The smallest absolute Gasteiger partial charge is 0.290 e. The van der Waals surface area contributed by atoms with Gasteiger partial charge >= 0.3 is 0 Å². The first-order chi connectivity index (χ1) is 10.9. The van der Waals surface area contributed by atoms with Crippen LogP contribution in [0.2, 0.25) is 0 Å². The van der Waals surface area contributed by atoms with Gasteiger partial charge in [0.25, 0.3) is 5.56 Å². The van der Waals surface area contributed by atoms with E-state index in [-0.39, 0.29) is 11.6 Å². The number of carbonyl (C=O) groups excluding carboxylic acids is 1. The van der Waals surface area contributed by atoms with Crippen LogP contribution in [0.15, 0.2) is 27.4 Å². The number of aromatic nitrogens is 2. The fourth-order valence-corrected chi connectivity index (χ4v) is 2.02. The van der Waals surface area contributed by atoms with Gasteiger partial charge in [-0.2, -0.15) is 5.10 Å². The number of aryl methyl sites for hydroxylation is 1. The number of rotatable bonds is 6. The molecule has 2 heterocycles. The van der Waals surface area contributed by atoms with Crippen molar-refractivity contribution in [2.24, 2.45) is 0 Å². The van der Waals surface area contributed by atoms with Crippen molar-refractivity contribution in [2.45, 2.75) is 19.9 Å². The van der Waals surface area contributed by atoms with Gasteiger partial charge in [-0.25, -0.2) is 4.68 Å². The Morgan fingerprint density at radius 3 is 2.87 bits per heavy atom. The zero-order valence-electron chi connectivity index (χ0n) is 13.3. The molecule has 8 heteroatoms. The van der Waals surface area contributed by atoms with Gasteiger partial charge in [-0.15, -0.1) is 0 Å². The van der Waals surface area contributed by atoms with E-state index in [0.29, 0.717) is 30.4 Å². The Bertz CT molecular complexity index is 750. The van der Waals surface area contributed by atoms with Crippen molar-refractivity contribution in [3.63, 3.8) is 0 Å². The Morgan fingerprint density at radius 1 is 1.52 bits per heavy atom. The number of anilines is 1. The molecule has 2 aromatic heterocycles. The molecule has 0 aliphatic heterocycles. The van der Waals surface area contributed by atoms with Crippen LogP contribution < -0.4 is 16.6 Å². The lowest BCUT2D eigenvalue weighted by Crippen LogP contribution is -2.39. The average molecular weight is 320 g/mol. The summed E-state index contributed by atoms with van der Waals surface area (Å²) in [7, 11) is 1.54. The number of methoxy groups -OCH3 is 1. The third-order valence-corrected chi connectivity index (χ3v) is 3.31. The Hall–Kier alpha value is -2.61. The van der Waals surface area contributed by atoms with Crippen molar-refractivity contribution in [1.82, 2.24) is 15.1 Å². The van der Waals surface area contributed by atoms with E-state index in [1.807, 2.05) is 0 Å². The first-order valence-corrected chi connectivity index (χ1v) is 7.17. The minimum atomic E-state index is -0.808. The summed E-state index contributed by atoms with van der Waals surface area (Å²) >= 11 is 0. The SMILES string of the molecule is COCCNC(=O)[C@H](C)n1nc(-c2ccc(C)o2)cc(N)c1=O. The second-order valence-corrected chi connectivity index (χ2v) is 5.10. The summed E-state index contributed by atoms with van der Waals surface area (Å²) in [5.74, 6) is 0.849. The van der Waals surface area contributed by atoms with E-state index in [1.54, 1.807) is 26.0 Å². The maximum atomic E-state index is 12.2. The lowest BCUT2D eigenvalue weighted by molar-refractivity contribution is -0.124. The number of hydrogen-bond donors (Lipinski definition) is 2. The highest BCUT2D eigenvalue weighted by Crippen LogP contribution is 2.20. The monoisotopic (exact) mass is 320 g/mol. The Kier molecular flexibility index (Phi) is 5.17. The number of nitrogens with zero attached hydrogens (tertiary/aromatic N) is 2. The van der Waals surface area contributed by atoms with Gasteiger partial charge < -0.3 is 20.2 Å². The number of nitrogens with two attached hydrogens (primary N) is 1. The molecule has 0 unspecified atom stereocenters. The number of nitrogens with one attached hydrogen (secondary N) is 1. The minimum absolute atomic E-state index is 0.000551. The Labute approximate surface area is 133 Å². The topological polar surface area (TPSA) is 112 Å². The molecule has 1 amide bonds. The third kappa shape index (κ3) is 3.78. The van der Waals surface area contributed by atoms with Crippen molar-refractivity contribution in [3.8, 4) is 11.5 Å². The molecular formula is C15H20N4O4. The maximum absolute atomic E-state index is 12.2. The van der Waals surface area contributed by atoms with Crippen LogP contribution in [0.4, 0.5) is 5.69 Å². The lowest BCUT2D eigenvalue weighted by atomic mass is 10.2. The molecule has 0 spiro atoms. The van der Waals surface area contributed by atoms with Crippen molar-refractivity contribution >= 4 is 11.6 Å². The number of nitrogen functional groups attached to an aromatic ring is 1. The fourth-order valence-electron chi connectivity index (χ4n) is 2.02. The molecule has 0 bridgehead atoms. The molecule has 0 aliphatic carbocycles. The molecule has 0 aromatic carbocycles. The summed E-state index contributed by atoms with van der Waals surface area (Å²) in [6.07, 6.45) is 0. The van der Waals surface area contributed by atoms with E-state index in [1.165, 1.54) is 13.2 Å². The number of furan rings is 1. The highest BCUT2D eigenvalue weighted by atomic mass is 16.5. The molecule has 0 saturated carbocycles. The van der Waals surface area contributed by atoms with E-state index in [9.17, 15) is 9.59 Å². The van der Waals surface area contributed by atoms with Crippen molar-refractivity contribution in [2.75, 3.05) is 26.0 Å². The van der Waals surface area contributed by atoms with Crippen LogP contribution in [0.25, 0.3) is 11.5 Å². The maximum Gasteiger partial charge on any atom is 0.290 e. The third-order valence-electron chi connectivity index (χ3n) is 3.31. The number of carbonyl (C=O) groups is 1. The van der Waals surface area contributed by atoms with Gasteiger partial charge in [0.2, 0.25) is 5.91 Å². The van der Waals surface area contributed by atoms with Gasteiger partial charge in [-0.05, 0) is 32.0 Å².